The van der Waals surface area contributed by atoms with Crippen LogP contribution in [0.1, 0.15) is 13.8 Å². The fourth-order valence-electron chi connectivity index (χ4n) is 0.755. The van der Waals surface area contributed by atoms with Gasteiger partial charge in [-0.3, -0.25) is 20.2 Å². The van der Waals surface area contributed by atoms with Crippen LogP contribution in [0.15, 0.2) is 18.2 Å². The molecule has 17 heavy (non-hydrogen) atoms. The van der Waals surface area contributed by atoms with Crippen LogP contribution in [0.4, 0.5) is 11.4 Å². The van der Waals surface area contributed by atoms with Crippen molar-refractivity contribution in [3.63, 3.8) is 0 Å². The molecule has 0 bridgehead atoms. The van der Waals surface area contributed by atoms with Crippen molar-refractivity contribution in [3.05, 3.63) is 43.5 Å². The third-order valence-electron chi connectivity index (χ3n) is 1.34. The van der Waals surface area contributed by atoms with Gasteiger partial charge in [-0.1, -0.05) is 11.6 Å². The van der Waals surface area contributed by atoms with E-state index in [9.17, 15) is 25.0 Å². The zero-order chi connectivity index (χ0) is 13.6. The number of carbonyl (C=O) groups is 1. The van der Waals surface area contributed by atoms with Crippen LogP contribution in [-0.2, 0) is 4.79 Å². The number of Topliss-reactive ketones (excluding diaryl/α,β-unsaturated/α-hetero) is 1. The van der Waals surface area contributed by atoms with E-state index in [1.165, 1.54) is 13.8 Å². The molecular weight excluding hydrogens is 252 g/mol. The molecule has 7 nitrogen and oxygen atoms in total. The first kappa shape index (κ1) is 15.0. The maximum absolute atomic E-state index is 10.3. The highest BCUT2D eigenvalue weighted by atomic mass is 35.5. The molecule has 0 aliphatic rings. The summed E-state index contributed by atoms with van der Waals surface area (Å²) < 4.78 is 0. The molecule has 0 spiro atoms. The second kappa shape index (κ2) is 6.54. The number of benzene rings is 1. The van der Waals surface area contributed by atoms with Crippen molar-refractivity contribution in [1.29, 1.82) is 0 Å². The first-order chi connectivity index (χ1) is 7.75. The van der Waals surface area contributed by atoms with Gasteiger partial charge in [-0.25, -0.2) is 0 Å². The van der Waals surface area contributed by atoms with Gasteiger partial charge in [0.15, 0.2) is 0 Å². The van der Waals surface area contributed by atoms with Crippen LogP contribution in [0, 0.1) is 20.2 Å². The molecule has 1 aromatic carbocycles. The zero-order valence-electron chi connectivity index (χ0n) is 9.05. The van der Waals surface area contributed by atoms with E-state index >= 15 is 0 Å². The fraction of sp³-hybridized carbons (Fsp3) is 0.222. The first-order valence-electron chi connectivity index (χ1n) is 4.31. The number of carbonyl (C=O) groups excluding carboxylic acids is 1. The molecule has 8 heteroatoms. The molecule has 0 aliphatic carbocycles. The molecule has 0 saturated carbocycles. The van der Waals surface area contributed by atoms with Crippen LogP contribution < -0.4 is 0 Å². The zero-order valence-corrected chi connectivity index (χ0v) is 9.80. The van der Waals surface area contributed by atoms with Crippen molar-refractivity contribution in [3.8, 4) is 0 Å². The molecule has 0 radical (unpaired) electrons. The van der Waals surface area contributed by atoms with Gasteiger partial charge in [0.2, 0.25) is 0 Å². The minimum absolute atomic E-state index is 0.115. The SMILES string of the molecule is CC(C)=O.O=[N+]([O-])c1ccc(Cl)c([N+](=O)[O-])c1. The van der Waals surface area contributed by atoms with E-state index in [-0.39, 0.29) is 16.5 Å². The summed E-state index contributed by atoms with van der Waals surface area (Å²) in [5.41, 5.74) is -0.813. The van der Waals surface area contributed by atoms with E-state index in [4.69, 9.17) is 11.6 Å². The van der Waals surface area contributed by atoms with E-state index < -0.39 is 15.5 Å². The van der Waals surface area contributed by atoms with Gasteiger partial charge >= 0.3 is 0 Å². The molecule has 0 N–H and O–H groups in total. The Hall–Kier alpha value is -2.02. The predicted molar refractivity (Wildman–Crippen MR) is 61.1 cm³/mol. The summed E-state index contributed by atoms with van der Waals surface area (Å²) in [6, 6.07) is 3.05. The Morgan fingerprint density at radius 1 is 1.18 bits per heavy atom. The van der Waals surface area contributed by atoms with Gasteiger partial charge in [-0.15, -0.1) is 0 Å². The van der Waals surface area contributed by atoms with E-state index in [0.717, 1.165) is 18.2 Å². The van der Waals surface area contributed by atoms with Gasteiger partial charge in [0.05, 0.1) is 15.9 Å². The van der Waals surface area contributed by atoms with Gasteiger partial charge in [0.1, 0.15) is 10.8 Å². The summed E-state index contributed by atoms with van der Waals surface area (Å²) in [5, 5.41) is 20.4. The first-order valence-corrected chi connectivity index (χ1v) is 4.69. The van der Waals surface area contributed by atoms with E-state index in [0.29, 0.717) is 0 Å². The lowest BCUT2D eigenvalue weighted by atomic mass is 10.3. The van der Waals surface area contributed by atoms with Gasteiger partial charge in [0, 0.05) is 6.07 Å². The van der Waals surface area contributed by atoms with Crippen molar-refractivity contribution in [2.75, 3.05) is 0 Å². The predicted octanol–water partition coefficient (Wildman–Crippen LogP) is 2.75. The lowest BCUT2D eigenvalue weighted by Crippen LogP contribution is -1.92. The van der Waals surface area contributed by atoms with Crippen LogP contribution in [0.2, 0.25) is 5.02 Å². The van der Waals surface area contributed by atoms with Crippen molar-refractivity contribution >= 4 is 28.8 Å². The number of rotatable bonds is 2. The Morgan fingerprint density at radius 2 is 1.65 bits per heavy atom. The highest BCUT2D eigenvalue weighted by Crippen LogP contribution is 2.28. The summed E-state index contributed by atoms with van der Waals surface area (Å²) in [6.45, 7) is 3.06. The van der Waals surface area contributed by atoms with Crippen LogP contribution in [0.25, 0.3) is 0 Å². The maximum atomic E-state index is 10.3. The molecule has 0 unspecified atom stereocenters. The lowest BCUT2D eigenvalue weighted by molar-refractivity contribution is -0.394. The molecule has 1 rings (SSSR count). The topological polar surface area (TPSA) is 103 Å². The quantitative estimate of drug-likeness (QED) is 0.601. The molecule has 0 amide bonds. The molecule has 0 aliphatic heterocycles. The standard InChI is InChI=1S/C6H3ClN2O4.C3H6O/c7-5-2-1-4(8(10)11)3-6(5)9(12)13;1-3(2)4/h1-3H;1-2H3. The minimum atomic E-state index is -0.769. The molecule has 0 saturated heterocycles. The highest BCUT2D eigenvalue weighted by Gasteiger charge is 2.17. The van der Waals surface area contributed by atoms with Crippen LogP contribution >= 0.6 is 11.6 Å². The molecular formula is C9H9ClN2O5. The third-order valence-corrected chi connectivity index (χ3v) is 1.66. The Kier molecular flexibility index (Phi) is 5.76. The molecule has 0 aromatic heterocycles. The van der Waals surface area contributed by atoms with Gasteiger partial charge in [-0.2, -0.15) is 0 Å². The maximum Gasteiger partial charge on any atom is 0.294 e. The Morgan fingerprint density at radius 3 is 2.00 bits per heavy atom. The summed E-state index contributed by atoms with van der Waals surface area (Å²) in [5.74, 6) is 0.167. The molecule has 92 valence electrons. The number of ketones is 1. The van der Waals surface area contributed by atoms with Gasteiger partial charge in [0.25, 0.3) is 11.4 Å². The highest BCUT2D eigenvalue weighted by molar-refractivity contribution is 6.32. The average molecular weight is 261 g/mol. The summed E-state index contributed by atoms with van der Waals surface area (Å²) in [6.07, 6.45) is 0. The largest absolute Gasteiger partial charge is 0.300 e. The Balaban J connectivity index is 0.000000557. The normalized spacial score (nSPS) is 8.88. The number of nitro groups is 2. The number of hydrogen-bond donors (Lipinski definition) is 0. The van der Waals surface area contributed by atoms with Crippen LogP contribution in [0.5, 0.6) is 0 Å². The molecule has 1 aromatic rings. The van der Waals surface area contributed by atoms with E-state index in [2.05, 4.69) is 0 Å². The Labute approximate surface area is 101 Å². The van der Waals surface area contributed by atoms with Crippen molar-refractivity contribution in [2.24, 2.45) is 0 Å². The van der Waals surface area contributed by atoms with Crippen LogP contribution in [-0.4, -0.2) is 15.6 Å². The minimum Gasteiger partial charge on any atom is -0.300 e. The van der Waals surface area contributed by atoms with E-state index in [1.54, 1.807) is 0 Å². The van der Waals surface area contributed by atoms with Crippen molar-refractivity contribution < 1.29 is 14.6 Å². The smallest absolute Gasteiger partial charge is 0.294 e. The van der Waals surface area contributed by atoms with Crippen molar-refractivity contribution in [1.82, 2.24) is 0 Å². The summed E-state index contributed by atoms with van der Waals surface area (Å²) in [7, 11) is 0. The van der Waals surface area contributed by atoms with Crippen molar-refractivity contribution in [2.45, 2.75) is 13.8 Å². The van der Waals surface area contributed by atoms with Gasteiger partial charge < -0.3 is 4.79 Å². The second-order valence-corrected chi connectivity index (χ2v) is 3.47. The molecule has 0 atom stereocenters. The second-order valence-electron chi connectivity index (χ2n) is 3.06. The monoisotopic (exact) mass is 260 g/mol. The van der Waals surface area contributed by atoms with E-state index in [1.807, 2.05) is 0 Å². The number of nitro benzene ring substituents is 2. The summed E-state index contributed by atoms with van der Waals surface area (Å²) >= 11 is 5.43. The summed E-state index contributed by atoms with van der Waals surface area (Å²) in [4.78, 5) is 28.5. The fourth-order valence-corrected chi connectivity index (χ4v) is 0.941. The number of hydrogen-bond acceptors (Lipinski definition) is 5. The molecule has 0 heterocycles. The third kappa shape index (κ3) is 5.57. The average Bonchev–Trinajstić information content (AvgIpc) is 2.16. The number of halogens is 1. The number of nitrogens with zero attached hydrogens (tertiary/aromatic N) is 2. The lowest BCUT2D eigenvalue weighted by Gasteiger charge is -1.94. The van der Waals surface area contributed by atoms with Gasteiger partial charge in [-0.05, 0) is 19.9 Å². The Bertz CT molecular complexity index is 457. The molecule has 0 fully saturated rings. The van der Waals surface area contributed by atoms with Crippen LogP contribution in [0.3, 0.4) is 0 Å². The number of non-ortho nitro benzene ring substituents is 1.